The molecule has 4 rings (SSSR count). The lowest BCUT2D eigenvalue weighted by Gasteiger charge is -2.33. The zero-order chi connectivity index (χ0) is 26.2. The van der Waals surface area contributed by atoms with Gasteiger partial charge in [-0.05, 0) is 37.0 Å². The Morgan fingerprint density at radius 2 is 1.86 bits per heavy atom. The molecule has 196 valence electrons. The first kappa shape index (κ1) is 26.0. The zero-order valence-electron chi connectivity index (χ0n) is 21.3. The van der Waals surface area contributed by atoms with Crippen molar-refractivity contribution in [3.63, 3.8) is 0 Å². The number of anilines is 3. The molecule has 1 aliphatic rings. The van der Waals surface area contributed by atoms with Crippen LogP contribution in [0.5, 0.6) is 17.2 Å². The highest BCUT2D eigenvalue weighted by molar-refractivity contribution is 5.79. The number of methoxy groups -OCH3 is 3. The molecule has 1 aliphatic heterocycles. The predicted octanol–water partition coefficient (Wildman–Crippen LogP) is 3.96. The van der Waals surface area contributed by atoms with Crippen LogP contribution in [0.3, 0.4) is 0 Å². The second-order valence-corrected chi connectivity index (χ2v) is 8.70. The van der Waals surface area contributed by atoms with E-state index in [0.29, 0.717) is 54.0 Å². The van der Waals surface area contributed by atoms with Crippen LogP contribution in [0, 0.1) is 11.7 Å². The molecule has 10 heteroatoms. The van der Waals surface area contributed by atoms with Gasteiger partial charge >= 0.3 is 0 Å². The van der Waals surface area contributed by atoms with Gasteiger partial charge in [0.2, 0.25) is 17.6 Å². The Balaban J connectivity index is 1.39. The Kier molecular flexibility index (Phi) is 8.60. The number of nitrogens with one attached hydrogen (secondary N) is 2. The van der Waals surface area contributed by atoms with Crippen LogP contribution in [0.4, 0.5) is 21.8 Å². The van der Waals surface area contributed by atoms with Crippen molar-refractivity contribution in [2.45, 2.75) is 19.3 Å². The number of rotatable bonds is 10. The minimum atomic E-state index is -0.250. The molecule has 0 spiro atoms. The number of piperidine rings is 1. The minimum absolute atomic E-state index is 0.0223. The third kappa shape index (κ3) is 6.38. The van der Waals surface area contributed by atoms with Crippen LogP contribution in [0.25, 0.3) is 0 Å². The molecule has 2 heterocycles. The second-order valence-electron chi connectivity index (χ2n) is 8.70. The van der Waals surface area contributed by atoms with E-state index in [-0.39, 0.29) is 17.6 Å². The molecule has 1 saturated heterocycles. The first-order valence-corrected chi connectivity index (χ1v) is 12.2. The van der Waals surface area contributed by atoms with Crippen LogP contribution in [-0.4, -0.2) is 56.8 Å². The molecule has 9 nitrogen and oxygen atoms in total. The van der Waals surface area contributed by atoms with Gasteiger partial charge in [-0.15, -0.1) is 0 Å². The minimum Gasteiger partial charge on any atom is -0.493 e. The summed E-state index contributed by atoms with van der Waals surface area (Å²) in [6.07, 6.45) is 3.80. The standard InChI is InChI=1S/C27H32FN5O4/c1-35-22-15-20(16-23(36-2)25(22)37-3)31-27-30-13-11-24(32-27)33-14-6-8-19(17-33)26(34)29-12-10-18-7-4-5-9-21(18)28/h4-5,7,9,11,13,15-16,19H,6,8,10,12,14,17H2,1-3H3,(H,29,34)(H,30,31,32). The Hall–Kier alpha value is -4.08. The molecule has 0 radical (unpaired) electrons. The SMILES string of the molecule is COc1cc(Nc2nccc(N3CCCC(C(=O)NCCc4ccccc4F)C3)n2)cc(OC)c1OC. The van der Waals surface area contributed by atoms with Gasteiger partial charge in [-0.3, -0.25) is 4.79 Å². The summed E-state index contributed by atoms with van der Waals surface area (Å²) in [6.45, 7) is 1.73. The Morgan fingerprint density at radius 3 is 2.57 bits per heavy atom. The smallest absolute Gasteiger partial charge is 0.229 e. The molecule has 1 unspecified atom stereocenters. The molecule has 1 fully saturated rings. The lowest BCUT2D eigenvalue weighted by Crippen LogP contribution is -2.43. The Morgan fingerprint density at radius 1 is 1.11 bits per heavy atom. The Labute approximate surface area is 216 Å². The van der Waals surface area contributed by atoms with Crippen LogP contribution in [0.15, 0.2) is 48.7 Å². The highest BCUT2D eigenvalue weighted by atomic mass is 19.1. The summed E-state index contributed by atoms with van der Waals surface area (Å²) >= 11 is 0. The quantitative estimate of drug-likeness (QED) is 0.424. The second kappa shape index (κ2) is 12.2. The highest BCUT2D eigenvalue weighted by Gasteiger charge is 2.26. The third-order valence-electron chi connectivity index (χ3n) is 6.33. The van der Waals surface area contributed by atoms with Crippen molar-refractivity contribution in [2.75, 3.05) is 51.2 Å². The van der Waals surface area contributed by atoms with E-state index in [0.717, 1.165) is 25.2 Å². The molecule has 3 aromatic rings. The van der Waals surface area contributed by atoms with E-state index < -0.39 is 0 Å². The zero-order valence-corrected chi connectivity index (χ0v) is 21.3. The number of hydrogen-bond donors (Lipinski definition) is 2. The van der Waals surface area contributed by atoms with Gasteiger partial charge < -0.3 is 29.7 Å². The predicted molar refractivity (Wildman–Crippen MR) is 139 cm³/mol. The lowest BCUT2D eigenvalue weighted by molar-refractivity contribution is -0.125. The fourth-order valence-corrected chi connectivity index (χ4v) is 4.43. The molecular formula is C27H32FN5O4. The summed E-state index contributed by atoms with van der Waals surface area (Å²) in [4.78, 5) is 23.9. The summed E-state index contributed by atoms with van der Waals surface area (Å²) in [7, 11) is 4.66. The van der Waals surface area contributed by atoms with E-state index in [4.69, 9.17) is 14.2 Å². The van der Waals surface area contributed by atoms with E-state index >= 15 is 0 Å². The Bertz CT molecular complexity index is 1200. The van der Waals surface area contributed by atoms with Gasteiger partial charge in [0.15, 0.2) is 11.5 Å². The molecular weight excluding hydrogens is 477 g/mol. The van der Waals surface area contributed by atoms with Crippen LogP contribution in [0.1, 0.15) is 18.4 Å². The normalized spacial score (nSPS) is 15.1. The summed E-state index contributed by atoms with van der Waals surface area (Å²) < 4.78 is 30.0. The topological polar surface area (TPSA) is 97.8 Å². The number of benzene rings is 2. The molecule has 37 heavy (non-hydrogen) atoms. The van der Waals surface area contributed by atoms with Gasteiger partial charge in [-0.1, -0.05) is 18.2 Å². The van der Waals surface area contributed by atoms with E-state index in [2.05, 4.69) is 25.5 Å². The average Bonchev–Trinajstić information content (AvgIpc) is 2.93. The van der Waals surface area contributed by atoms with Crippen molar-refractivity contribution < 1.29 is 23.4 Å². The number of halogens is 1. The van der Waals surface area contributed by atoms with Crippen molar-refractivity contribution in [1.29, 1.82) is 0 Å². The molecule has 2 aromatic carbocycles. The first-order chi connectivity index (χ1) is 18.0. The third-order valence-corrected chi connectivity index (χ3v) is 6.33. The molecule has 1 atom stereocenters. The van der Waals surface area contributed by atoms with E-state index in [9.17, 15) is 9.18 Å². The fourth-order valence-electron chi connectivity index (χ4n) is 4.43. The molecule has 0 saturated carbocycles. The maximum absolute atomic E-state index is 13.8. The monoisotopic (exact) mass is 509 g/mol. The van der Waals surface area contributed by atoms with Gasteiger partial charge in [0.25, 0.3) is 0 Å². The number of hydrogen-bond acceptors (Lipinski definition) is 8. The molecule has 0 bridgehead atoms. The molecule has 2 N–H and O–H groups in total. The largest absolute Gasteiger partial charge is 0.493 e. The van der Waals surface area contributed by atoms with E-state index in [1.165, 1.54) is 6.07 Å². The molecule has 1 aromatic heterocycles. The maximum Gasteiger partial charge on any atom is 0.229 e. The van der Waals surface area contributed by atoms with Gasteiger partial charge in [0, 0.05) is 43.7 Å². The average molecular weight is 510 g/mol. The number of carbonyl (C=O) groups excluding carboxylic acids is 1. The van der Waals surface area contributed by atoms with Crippen LogP contribution < -0.4 is 29.7 Å². The molecule has 1 amide bonds. The first-order valence-electron chi connectivity index (χ1n) is 12.2. The van der Waals surface area contributed by atoms with Crippen LogP contribution in [0.2, 0.25) is 0 Å². The van der Waals surface area contributed by atoms with Gasteiger partial charge in [0.05, 0.1) is 27.2 Å². The highest BCUT2D eigenvalue weighted by Crippen LogP contribution is 2.40. The van der Waals surface area contributed by atoms with Crippen molar-refractivity contribution in [1.82, 2.24) is 15.3 Å². The van der Waals surface area contributed by atoms with Gasteiger partial charge in [-0.25, -0.2) is 9.37 Å². The van der Waals surface area contributed by atoms with Crippen molar-refractivity contribution in [3.8, 4) is 17.2 Å². The molecule has 0 aliphatic carbocycles. The summed E-state index contributed by atoms with van der Waals surface area (Å²) in [5.41, 5.74) is 1.28. The summed E-state index contributed by atoms with van der Waals surface area (Å²) in [5.74, 6) is 2.22. The fraction of sp³-hybridized carbons (Fsp3) is 0.370. The summed E-state index contributed by atoms with van der Waals surface area (Å²) in [6, 6.07) is 12.0. The van der Waals surface area contributed by atoms with Gasteiger partial charge in [-0.2, -0.15) is 4.98 Å². The van der Waals surface area contributed by atoms with Crippen molar-refractivity contribution in [2.24, 2.45) is 5.92 Å². The number of aromatic nitrogens is 2. The number of amides is 1. The number of ether oxygens (including phenoxy) is 3. The number of carbonyl (C=O) groups is 1. The van der Waals surface area contributed by atoms with Crippen LogP contribution >= 0.6 is 0 Å². The van der Waals surface area contributed by atoms with Crippen LogP contribution in [-0.2, 0) is 11.2 Å². The van der Waals surface area contributed by atoms with Crippen molar-refractivity contribution in [3.05, 3.63) is 60.0 Å². The van der Waals surface area contributed by atoms with E-state index in [1.54, 1.807) is 57.9 Å². The summed E-state index contributed by atoms with van der Waals surface area (Å²) in [5, 5.41) is 6.16. The van der Waals surface area contributed by atoms with E-state index in [1.807, 2.05) is 6.07 Å². The van der Waals surface area contributed by atoms with Gasteiger partial charge in [0.1, 0.15) is 11.6 Å². The lowest BCUT2D eigenvalue weighted by atomic mass is 9.97. The maximum atomic E-state index is 13.8. The van der Waals surface area contributed by atoms with Crippen molar-refractivity contribution >= 4 is 23.4 Å². The number of nitrogens with zero attached hydrogens (tertiary/aromatic N) is 3.